The highest BCUT2D eigenvalue weighted by molar-refractivity contribution is 5.68. The third-order valence-electron chi connectivity index (χ3n) is 3.16. The molecule has 0 radical (unpaired) electrons. The fraction of sp³-hybridized carbons (Fsp3) is 0.933. The van der Waals surface area contributed by atoms with E-state index in [1.165, 1.54) is 0 Å². The molecule has 0 aromatic rings. The molecule has 2 atom stereocenters. The van der Waals surface area contributed by atoms with Crippen LogP contribution in [-0.4, -0.2) is 48.6 Å². The molecule has 0 saturated carbocycles. The smallest absolute Gasteiger partial charge is 0.410 e. The van der Waals surface area contributed by atoms with Crippen molar-refractivity contribution in [1.29, 1.82) is 0 Å². The van der Waals surface area contributed by atoms with Crippen LogP contribution in [0.1, 0.15) is 53.4 Å². The second-order valence-corrected chi connectivity index (χ2v) is 6.39. The van der Waals surface area contributed by atoms with Crippen molar-refractivity contribution >= 4 is 6.09 Å². The van der Waals surface area contributed by atoms with Gasteiger partial charge in [-0.3, -0.25) is 0 Å². The van der Waals surface area contributed by atoms with E-state index in [1.54, 1.807) is 4.90 Å². The van der Waals surface area contributed by atoms with Crippen LogP contribution < -0.4 is 0 Å². The van der Waals surface area contributed by atoms with Gasteiger partial charge in [0, 0.05) is 19.6 Å². The second-order valence-electron chi connectivity index (χ2n) is 6.39. The topological polar surface area (TPSA) is 38.8 Å². The SMILES string of the molecule is CCCCOC1CC(F)CCN(C(=O)OC(C)(C)C)C1. The first kappa shape index (κ1) is 17.2. The Morgan fingerprint density at radius 2 is 2.10 bits per heavy atom. The zero-order valence-corrected chi connectivity index (χ0v) is 13.2. The zero-order chi connectivity index (χ0) is 15.2. The van der Waals surface area contributed by atoms with E-state index in [9.17, 15) is 9.18 Å². The molecular weight excluding hydrogens is 261 g/mol. The number of alkyl halides is 1. The first-order valence-corrected chi connectivity index (χ1v) is 7.55. The number of hydrogen-bond acceptors (Lipinski definition) is 3. The number of rotatable bonds is 4. The molecule has 0 aromatic heterocycles. The van der Waals surface area contributed by atoms with Gasteiger partial charge in [-0.05, 0) is 33.6 Å². The third kappa shape index (κ3) is 6.55. The van der Waals surface area contributed by atoms with Crippen molar-refractivity contribution in [3.63, 3.8) is 0 Å². The predicted molar refractivity (Wildman–Crippen MR) is 76.6 cm³/mol. The summed E-state index contributed by atoms with van der Waals surface area (Å²) in [7, 11) is 0. The molecule has 1 rings (SSSR count). The van der Waals surface area contributed by atoms with Crippen LogP contribution in [0.5, 0.6) is 0 Å². The van der Waals surface area contributed by atoms with Gasteiger partial charge in [0.05, 0.1) is 12.6 Å². The molecule has 0 bridgehead atoms. The molecular formula is C15H28FNO3. The van der Waals surface area contributed by atoms with Gasteiger partial charge in [0.15, 0.2) is 0 Å². The first-order chi connectivity index (χ1) is 9.31. The van der Waals surface area contributed by atoms with Gasteiger partial charge in [-0.2, -0.15) is 0 Å². The molecule has 1 aliphatic rings. The van der Waals surface area contributed by atoms with Crippen molar-refractivity contribution in [2.75, 3.05) is 19.7 Å². The Morgan fingerprint density at radius 3 is 2.70 bits per heavy atom. The molecule has 1 fully saturated rings. The minimum absolute atomic E-state index is 0.230. The van der Waals surface area contributed by atoms with E-state index in [1.807, 2.05) is 20.8 Å². The lowest BCUT2D eigenvalue weighted by Crippen LogP contribution is -2.41. The standard InChI is InChI=1S/C15H28FNO3/c1-5-6-9-19-13-10-12(16)7-8-17(11-13)14(18)20-15(2,3)4/h12-13H,5-11H2,1-4H3. The van der Waals surface area contributed by atoms with Gasteiger partial charge in [-0.15, -0.1) is 0 Å². The lowest BCUT2D eigenvalue weighted by Gasteiger charge is -2.28. The van der Waals surface area contributed by atoms with Gasteiger partial charge in [-0.25, -0.2) is 9.18 Å². The molecule has 0 spiro atoms. The fourth-order valence-corrected chi connectivity index (χ4v) is 2.12. The van der Waals surface area contributed by atoms with E-state index in [4.69, 9.17) is 9.47 Å². The van der Waals surface area contributed by atoms with Crippen LogP contribution in [0.25, 0.3) is 0 Å². The van der Waals surface area contributed by atoms with Crippen molar-refractivity contribution in [1.82, 2.24) is 4.90 Å². The maximum atomic E-state index is 13.7. The molecule has 118 valence electrons. The summed E-state index contributed by atoms with van der Waals surface area (Å²) >= 11 is 0. The Labute approximate surface area is 121 Å². The van der Waals surface area contributed by atoms with Gasteiger partial charge in [0.2, 0.25) is 0 Å². The van der Waals surface area contributed by atoms with Crippen LogP contribution in [0, 0.1) is 0 Å². The molecule has 0 N–H and O–H groups in total. The summed E-state index contributed by atoms with van der Waals surface area (Å²) in [5.74, 6) is 0. The summed E-state index contributed by atoms with van der Waals surface area (Å²) in [4.78, 5) is 13.6. The highest BCUT2D eigenvalue weighted by atomic mass is 19.1. The van der Waals surface area contributed by atoms with Gasteiger partial charge >= 0.3 is 6.09 Å². The van der Waals surface area contributed by atoms with E-state index in [0.717, 1.165) is 12.8 Å². The third-order valence-corrected chi connectivity index (χ3v) is 3.16. The molecule has 1 heterocycles. The Kier molecular flexibility index (Phi) is 6.72. The molecule has 0 aromatic carbocycles. The second kappa shape index (κ2) is 7.81. The summed E-state index contributed by atoms with van der Waals surface area (Å²) in [6.07, 6.45) is 1.20. The summed E-state index contributed by atoms with van der Waals surface area (Å²) in [5.41, 5.74) is -0.531. The molecule has 1 amide bonds. The number of unbranched alkanes of at least 4 members (excludes halogenated alkanes) is 1. The van der Waals surface area contributed by atoms with Crippen molar-refractivity contribution in [2.45, 2.75) is 71.3 Å². The summed E-state index contributed by atoms with van der Waals surface area (Å²) in [6.45, 7) is 9.00. The maximum Gasteiger partial charge on any atom is 0.410 e. The minimum Gasteiger partial charge on any atom is -0.444 e. The first-order valence-electron chi connectivity index (χ1n) is 7.55. The van der Waals surface area contributed by atoms with E-state index in [0.29, 0.717) is 32.5 Å². The van der Waals surface area contributed by atoms with Gasteiger partial charge in [0.1, 0.15) is 11.8 Å². The van der Waals surface area contributed by atoms with Crippen molar-refractivity contribution < 1.29 is 18.7 Å². The molecule has 5 heteroatoms. The monoisotopic (exact) mass is 289 g/mol. The van der Waals surface area contributed by atoms with Crippen molar-refractivity contribution in [2.24, 2.45) is 0 Å². The van der Waals surface area contributed by atoms with Crippen LogP contribution in [0.2, 0.25) is 0 Å². The summed E-state index contributed by atoms with van der Waals surface area (Å²) in [6, 6.07) is 0. The van der Waals surface area contributed by atoms with Gasteiger partial charge < -0.3 is 14.4 Å². The number of halogens is 1. The van der Waals surface area contributed by atoms with E-state index < -0.39 is 11.8 Å². The van der Waals surface area contributed by atoms with Crippen LogP contribution in [0.4, 0.5) is 9.18 Å². The highest BCUT2D eigenvalue weighted by Gasteiger charge is 2.30. The molecule has 2 unspecified atom stereocenters. The number of ether oxygens (including phenoxy) is 2. The normalized spacial score (nSPS) is 24.4. The maximum absolute atomic E-state index is 13.7. The number of likely N-dealkylation sites (tertiary alicyclic amines) is 1. The quantitative estimate of drug-likeness (QED) is 0.743. The van der Waals surface area contributed by atoms with E-state index in [-0.39, 0.29) is 12.2 Å². The van der Waals surface area contributed by atoms with Gasteiger partial charge in [0.25, 0.3) is 0 Å². The van der Waals surface area contributed by atoms with Crippen LogP contribution in [-0.2, 0) is 9.47 Å². The van der Waals surface area contributed by atoms with Gasteiger partial charge in [-0.1, -0.05) is 13.3 Å². The lowest BCUT2D eigenvalue weighted by molar-refractivity contribution is -0.00167. The Bertz CT molecular complexity index is 304. The Balaban J connectivity index is 2.55. The van der Waals surface area contributed by atoms with Crippen molar-refractivity contribution in [3.05, 3.63) is 0 Å². The molecule has 1 aliphatic heterocycles. The molecule has 20 heavy (non-hydrogen) atoms. The Morgan fingerprint density at radius 1 is 1.40 bits per heavy atom. The Hall–Kier alpha value is -0.840. The lowest BCUT2D eigenvalue weighted by atomic mass is 10.1. The predicted octanol–water partition coefficient (Wildman–Crippen LogP) is 3.54. The number of hydrogen-bond donors (Lipinski definition) is 0. The molecule has 0 aliphatic carbocycles. The molecule has 1 saturated heterocycles. The number of amides is 1. The highest BCUT2D eigenvalue weighted by Crippen LogP contribution is 2.19. The fourth-order valence-electron chi connectivity index (χ4n) is 2.12. The van der Waals surface area contributed by atoms with E-state index in [2.05, 4.69) is 6.92 Å². The average molecular weight is 289 g/mol. The number of nitrogens with zero attached hydrogens (tertiary/aromatic N) is 1. The number of carbonyl (C=O) groups excluding carboxylic acids is 1. The number of carbonyl (C=O) groups is 1. The van der Waals surface area contributed by atoms with Crippen LogP contribution in [0.15, 0.2) is 0 Å². The van der Waals surface area contributed by atoms with Crippen LogP contribution in [0.3, 0.4) is 0 Å². The largest absolute Gasteiger partial charge is 0.444 e. The minimum atomic E-state index is -0.908. The van der Waals surface area contributed by atoms with Crippen LogP contribution >= 0.6 is 0 Å². The van der Waals surface area contributed by atoms with E-state index >= 15 is 0 Å². The molecule has 4 nitrogen and oxygen atoms in total. The summed E-state index contributed by atoms with van der Waals surface area (Å²) in [5, 5.41) is 0. The average Bonchev–Trinajstić information content (AvgIpc) is 2.49. The zero-order valence-electron chi connectivity index (χ0n) is 13.2. The van der Waals surface area contributed by atoms with Crippen molar-refractivity contribution in [3.8, 4) is 0 Å². The summed E-state index contributed by atoms with van der Waals surface area (Å²) < 4.78 is 24.8.